The third-order valence-electron chi connectivity index (χ3n) is 3.22. The molecule has 126 valence electrons. The summed E-state index contributed by atoms with van der Waals surface area (Å²) in [5.74, 6) is -0.567. The van der Waals surface area contributed by atoms with Crippen molar-refractivity contribution in [2.24, 2.45) is 0 Å². The number of benzene rings is 2. The van der Waals surface area contributed by atoms with Gasteiger partial charge in [-0.25, -0.2) is 0 Å². The molecule has 0 radical (unpaired) electrons. The van der Waals surface area contributed by atoms with Gasteiger partial charge in [0.15, 0.2) is 0 Å². The number of carbonyl (C=O) groups is 2. The van der Waals surface area contributed by atoms with Gasteiger partial charge < -0.3 is 10.6 Å². The van der Waals surface area contributed by atoms with E-state index < -0.39 is 0 Å². The highest BCUT2D eigenvalue weighted by Gasteiger charge is 2.02. The predicted molar refractivity (Wildman–Crippen MR) is 100 cm³/mol. The van der Waals surface area contributed by atoms with Gasteiger partial charge in [0.25, 0.3) is 0 Å². The number of nitriles is 1. The van der Waals surface area contributed by atoms with E-state index in [-0.39, 0.29) is 18.2 Å². The van der Waals surface area contributed by atoms with Crippen molar-refractivity contribution in [2.45, 2.75) is 13.0 Å². The van der Waals surface area contributed by atoms with Crippen LogP contribution in [0.3, 0.4) is 0 Å². The van der Waals surface area contributed by atoms with Gasteiger partial charge >= 0.3 is 0 Å². The maximum absolute atomic E-state index is 12.0. The third kappa shape index (κ3) is 6.61. The number of amides is 2. The molecule has 0 saturated carbocycles. The minimum absolute atomic E-state index is 0.169. The lowest BCUT2D eigenvalue weighted by Gasteiger charge is -2.07. The Morgan fingerprint density at radius 2 is 1.92 bits per heavy atom. The molecule has 0 bridgehead atoms. The van der Waals surface area contributed by atoms with Crippen LogP contribution in [0.5, 0.6) is 0 Å². The quantitative estimate of drug-likeness (QED) is 0.730. The predicted octanol–water partition coefficient (Wildman–Crippen LogP) is 3.63. The third-order valence-corrected chi connectivity index (χ3v) is 3.75. The Hall–Kier alpha value is -2.91. The van der Waals surface area contributed by atoms with Gasteiger partial charge in [-0.3, -0.25) is 9.59 Å². The van der Waals surface area contributed by atoms with E-state index in [1.807, 2.05) is 30.3 Å². The van der Waals surface area contributed by atoms with Crippen LogP contribution in [0.2, 0.25) is 0 Å². The number of anilines is 1. The lowest BCUT2D eigenvalue weighted by molar-refractivity contribution is -0.120. The molecule has 25 heavy (non-hydrogen) atoms. The number of hydrogen-bond donors (Lipinski definition) is 2. The summed E-state index contributed by atoms with van der Waals surface area (Å²) in [4.78, 5) is 23.3. The van der Waals surface area contributed by atoms with Crippen LogP contribution >= 0.6 is 15.9 Å². The number of hydrogen-bond acceptors (Lipinski definition) is 3. The second kappa shape index (κ2) is 9.40. The Morgan fingerprint density at radius 3 is 2.64 bits per heavy atom. The lowest BCUT2D eigenvalue weighted by Crippen LogP contribution is -2.21. The van der Waals surface area contributed by atoms with Crippen LogP contribution in [-0.2, 0) is 16.1 Å². The SMILES string of the molecule is N#CCC(=O)NCc1cccc(NC(=O)/C=C/c2ccc(Br)cc2)c1. The van der Waals surface area contributed by atoms with Crippen molar-refractivity contribution in [3.63, 3.8) is 0 Å². The van der Waals surface area contributed by atoms with E-state index in [1.165, 1.54) is 6.08 Å². The number of nitrogens with zero attached hydrogens (tertiary/aromatic N) is 1. The number of rotatable bonds is 6. The van der Waals surface area contributed by atoms with Crippen LogP contribution in [0.1, 0.15) is 17.5 Å². The Kier molecular flexibility index (Phi) is 6.93. The first-order valence-electron chi connectivity index (χ1n) is 7.54. The van der Waals surface area contributed by atoms with Crippen LogP contribution in [0.15, 0.2) is 59.1 Å². The first-order chi connectivity index (χ1) is 12.1. The molecule has 0 atom stereocenters. The monoisotopic (exact) mass is 397 g/mol. The Labute approximate surface area is 154 Å². The summed E-state index contributed by atoms with van der Waals surface area (Å²) >= 11 is 3.36. The second-order valence-corrected chi connectivity index (χ2v) is 6.10. The summed E-state index contributed by atoms with van der Waals surface area (Å²) in [6, 6.07) is 16.6. The molecular formula is C19H16BrN3O2. The fourth-order valence-corrected chi connectivity index (χ4v) is 2.29. The van der Waals surface area contributed by atoms with Crippen molar-refractivity contribution in [3.8, 4) is 6.07 Å². The van der Waals surface area contributed by atoms with Gasteiger partial charge in [-0.1, -0.05) is 40.2 Å². The molecule has 0 unspecified atom stereocenters. The summed E-state index contributed by atoms with van der Waals surface area (Å²) in [7, 11) is 0. The van der Waals surface area contributed by atoms with Crippen molar-refractivity contribution >= 4 is 39.5 Å². The van der Waals surface area contributed by atoms with Gasteiger partial charge in [0.2, 0.25) is 11.8 Å². The summed E-state index contributed by atoms with van der Waals surface area (Å²) in [5, 5.41) is 13.9. The maximum atomic E-state index is 12.0. The Bertz CT molecular complexity index is 823. The molecule has 2 N–H and O–H groups in total. The minimum atomic E-state index is -0.325. The number of halogens is 1. The van der Waals surface area contributed by atoms with Crippen LogP contribution in [-0.4, -0.2) is 11.8 Å². The van der Waals surface area contributed by atoms with Gasteiger partial charge in [-0.05, 0) is 41.5 Å². The summed E-state index contributed by atoms with van der Waals surface area (Å²) in [5.41, 5.74) is 2.39. The normalized spacial score (nSPS) is 10.2. The molecule has 2 aromatic rings. The fourth-order valence-electron chi connectivity index (χ4n) is 2.02. The molecule has 0 fully saturated rings. The molecule has 0 aromatic heterocycles. The van der Waals surface area contributed by atoms with Gasteiger partial charge in [-0.15, -0.1) is 0 Å². The molecule has 5 nitrogen and oxygen atoms in total. The van der Waals surface area contributed by atoms with Crippen LogP contribution in [0, 0.1) is 11.3 Å². The van der Waals surface area contributed by atoms with Crippen molar-refractivity contribution in [1.82, 2.24) is 5.32 Å². The zero-order valence-electron chi connectivity index (χ0n) is 13.3. The molecule has 6 heteroatoms. The summed E-state index contributed by atoms with van der Waals surface area (Å²) < 4.78 is 0.979. The van der Waals surface area contributed by atoms with E-state index >= 15 is 0 Å². The molecule has 0 spiro atoms. The molecule has 2 amide bonds. The Morgan fingerprint density at radius 1 is 1.16 bits per heavy atom. The highest BCUT2D eigenvalue weighted by molar-refractivity contribution is 9.10. The fraction of sp³-hybridized carbons (Fsp3) is 0.105. The highest BCUT2D eigenvalue weighted by atomic mass is 79.9. The van der Waals surface area contributed by atoms with Crippen LogP contribution in [0.4, 0.5) is 5.69 Å². The average Bonchev–Trinajstić information content (AvgIpc) is 2.60. The first-order valence-corrected chi connectivity index (χ1v) is 8.33. The van der Waals surface area contributed by atoms with E-state index in [1.54, 1.807) is 30.3 Å². The molecule has 0 aliphatic heterocycles. The molecule has 0 saturated heterocycles. The van der Waals surface area contributed by atoms with Crippen molar-refractivity contribution in [3.05, 3.63) is 70.2 Å². The van der Waals surface area contributed by atoms with Crippen molar-refractivity contribution in [2.75, 3.05) is 5.32 Å². The topological polar surface area (TPSA) is 82.0 Å². The number of nitrogens with one attached hydrogen (secondary N) is 2. The van der Waals surface area contributed by atoms with Crippen molar-refractivity contribution < 1.29 is 9.59 Å². The van der Waals surface area contributed by atoms with E-state index in [2.05, 4.69) is 26.6 Å². The first kappa shape index (κ1) is 18.4. The standard InChI is InChI=1S/C19H16BrN3O2/c20-16-7-4-14(5-8-16)6-9-19(25)23-17-3-1-2-15(12-17)13-22-18(24)10-11-21/h1-9,12H,10,13H2,(H,22,24)(H,23,25)/b9-6+. The molecule has 2 aromatic carbocycles. The lowest BCUT2D eigenvalue weighted by atomic mass is 10.2. The van der Waals surface area contributed by atoms with E-state index in [0.717, 1.165) is 15.6 Å². The van der Waals surface area contributed by atoms with Gasteiger partial charge in [-0.2, -0.15) is 5.26 Å². The summed E-state index contributed by atoms with van der Waals surface area (Å²) in [6.07, 6.45) is 3.02. The average molecular weight is 398 g/mol. The van der Waals surface area contributed by atoms with E-state index in [4.69, 9.17) is 5.26 Å². The smallest absolute Gasteiger partial charge is 0.248 e. The molecule has 0 aliphatic rings. The van der Waals surface area contributed by atoms with Crippen LogP contribution < -0.4 is 10.6 Å². The molecule has 2 rings (SSSR count). The van der Waals surface area contributed by atoms with Gasteiger partial charge in [0.05, 0.1) is 6.07 Å². The van der Waals surface area contributed by atoms with Gasteiger partial charge in [0, 0.05) is 22.8 Å². The highest BCUT2D eigenvalue weighted by Crippen LogP contribution is 2.13. The van der Waals surface area contributed by atoms with Crippen molar-refractivity contribution in [1.29, 1.82) is 5.26 Å². The molecule has 0 aliphatic carbocycles. The largest absolute Gasteiger partial charge is 0.351 e. The molecular weight excluding hydrogens is 382 g/mol. The second-order valence-electron chi connectivity index (χ2n) is 5.19. The zero-order chi connectivity index (χ0) is 18.1. The Balaban J connectivity index is 1.92. The van der Waals surface area contributed by atoms with E-state index in [0.29, 0.717) is 12.2 Å². The maximum Gasteiger partial charge on any atom is 0.248 e. The number of carbonyl (C=O) groups excluding carboxylic acids is 2. The van der Waals surface area contributed by atoms with Crippen LogP contribution in [0.25, 0.3) is 6.08 Å². The minimum Gasteiger partial charge on any atom is -0.351 e. The summed E-state index contributed by atoms with van der Waals surface area (Å²) in [6.45, 7) is 0.305. The zero-order valence-corrected chi connectivity index (χ0v) is 14.9. The molecule has 0 heterocycles. The van der Waals surface area contributed by atoms with E-state index in [9.17, 15) is 9.59 Å². The van der Waals surface area contributed by atoms with Gasteiger partial charge in [0.1, 0.15) is 6.42 Å².